The van der Waals surface area contributed by atoms with Crippen LogP contribution < -0.4 is 10.7 Å². The van der Waals surface area contributed by atoms with Gasteiger partial charge >= 0.3 is 17.5 Å². The molecule has 0 saturated carbocycles. The molecule has 2 aromatic carbocycles. The predicted octanol–water partition coefficient (Wildman–Crippen LogP) is 1.70. The molecule has 0 bridgehead atoms. The average molecular weight is 342 g/mol. The van der Waals surface area contributed by atoms with Crippen LogP contribution in [0.25, 0.3) is 0 Å². The Bertz CT molecular complexity index is 846. The van der Waals surface area contributed by atoms with Crippen LogP contribution in [0.2, 0.25) is 0 Å². The largest absolute Gasteiger partial charge is 0.502 e. The molecule has 128 valence electrons. The standard InChI is InChI=1S/C16H14N4O5/c1-10-2-5-12(6-3-10)18-15(22)16(23)19-17-9-11-4-7-14(21)13(8-11)20(24)25/h2-9,21H,1H3,(H,18,22)(H,19,23)/b17-9-. The molecule has 0 aliphatic carbocycles. The minimum absolute atomic E-state index is 0.267. The zero-order chi connectivity index (χ0) is 18.4. The molecule has 25 heavy (non-hydrogen) atoms. The van der Waals surface area contributed by atoms with Gasteiger partial charge < -0.3 is 10.4 Å². The Morgan fingerprint density at radius 1 is 1.16 bits per heavy atom. The molecule has 9 heteroatoms. The van der Waals surface area contributed by atoms with Crippen LogP contribution in [0, 0.1) is 17.0 Å². The lowest BCUT2D eigenvalue weighted by Crippen LogP contribution is -2.32. The molecule has 0 spiro atoms. The number of carbonyl (C=O) groups excluding carboxylic acids is 2. The summed E-state index contributed by atoms with van der Waals surface area (Å²) in [5, 5.41) is 26.0. The minimum atomic E-state index is -0.995. The van der Waals surface area contributed by atoms with E-state index in [9.17, 15) is 24.8 Å². The summed E-state index contributed by atoms with van der Waals surface area (Å²) in [6.45, 7) is 1.89. The smallest absolute Gasteiger partial charge is 0.329 e. The number of phenols is 1. The van der Waals surface area contributed by atoms with E-state index in [-0.39, 0.29) is 5.56 Å². The van der Waals surface area contributed by atoms with Crippen molar-refractivity contribution in [3.8, 4) is 5.75 Å². The lowest BCUT2D eigenvalue weighted by atomic mass is 10.2. The number of rotatable bonds is 4. The quantitative estimate of drug-likeness (QED) is 0.336. The van der Waals surface area contributed by atoms with Gasteiger partial charge in [0.2, 0.25) is 0 Å². The van der Waals surface area contributed by atoms with Crippen molar-refractivity contribution in [2.45, 2.75) is 6.92 Å². The second-order valence-electron chi connectivity index (χ2n) is 5.02. The first-order valence-electron chi connectivity index (χ1n) is 7.05. The molecule has 0 aromatic heterocycles. The number of hydrogen-bond acceptors (Lipinski definition) is 6. The lowest BCUT2D eigenvalue weighted by molar-refractivity contribution is -0.385. The maximum Gasteiger partial charge on any atom is 0.329 e. The third-order valence-corrected chi connectivity index (χ3v) is 3.09. The second-order valence-corrected chi connectivity index (χ2v) is 5.02. The molecule has 9 nitrogen and oxygen atoms in total. The molecular formula is C16H14N4O5. The van der Waals surface area contributed by atoms with Crippen molar-refractivity contribution >= 4 is 29.4 Å². The summed E-state index contributed by atoms with van der Waals surface area (Å²) < 4.78 is 0. The maximum absolute atomic E-state index is 11.7. The van der Waals surface area contributed by atoms with Gasteiger partial charge in [-0.05, 0) is 31.2 Å². The highest BCUT2D eigenvalue weighted by molar-refractivity contribution is 6.39. The van der Waals surface area contributed by atoms with Crippen LogP contribution in [0.5, 0.6) is 5.75 Å². The number of hydrogen-bond donors (Lipinski definition) is 3. The van der Waals surface area contributed by atoms with E-state index in [0.717, 1.165) is 23.9 Å². The van der Waals surface area contributed by atoms with Gasteiger partial charge in [0.05, 0.1) is 11.1 Å². The Balaban J connectivity index is 1.95. The molecule has 0 aliphatic heterocycles. The number of aromatic hydroxyl groups is 1. The lowest BCUT2D eigenvalue weighted by Gasteiger charge is -2.04. The zero-order valence-electron chi connectivity index (χ0n) is 13.1. The molecule has 0 heterocycles. The van der Waals surface area contributed by atoms with Crippen molar-refractivity contribution in [3.05, 3.63) is 63.7 Å². The maximum atomic E-state index is 11.7. The molecule has 0 saturated heterocycles. The van der Waals surface area contributed by atoms with Gasteiger partial charge in [-0.15, -0.1) is 0 Å². The summed E-state index contributed by atoms with van der Waals surface area (Å²) in [6, 6.07) is 10.4. The van der Waals surface area contributed by atoms with Crippen LogP contribution in [-0.4, -0.2) is 28.1 Å². The highest BCUT2D eigenvalue weighted by Crippen LogP contribution is 2.25. The predicted molar refractivity (Wildman–Crippen MR) is 90.3 cm³/mol. The number of amides is 2. The van der Waals surface area contributed by atoms with Crippen LogP contribution >= 0.6 is 0 Å². The first-order valence-corrected chi connectivity index (χ1v) is 7.05. The van der Waals surface area contributed by atoms with Gasteiger partial charge in [-0.25, -0.2) is 5.43 Å². The van der Waals surface area contributed by atoms with E-state index < -0.39 is 28.2 Å². The molecular weight excluding hydrogens is 328 g/mol. The number of phenolic OH excluding ortho intramolecular Hbond substituents is 1. The summed E-state index contributed by atoms with van der Waals surface area (Å²) in [5.74, 6) is -2.38. The van der Waals surface area contributed by atoms with Crippen LogP contribution in [0.3, 0.4) is 0 Å². The van der Waals surface area contributed by atoms with E-state index in [0.29, 0.717) is 5.69 Å². The van der Waals surface area contributed by atoms with E-state index in [4.69, 9.17) is 0 Å². The SMILES string of the molecule is Cc1ccc(NC(=O)C(=O)N/N=C\c2ccc(O)c([N+](=O)[O-])c2)cc1. The molecule has 0 fully saturated rings. The van der Waals surface area contributed by atoms with Crippen molar-refractivity contribution in [3.63, 3.8) is 0 Å². The minimum Gasteiger partial charge on any atom is -0.502 e. The molecule has 0 aliphatic rings. The van der Waals surface area contributed by atoms with Crippen molar-refractivity contribution in [2.75, 3.05) is 5.32 Å². The molecule has 0 atom stereocenters. The Hall–Kier alpha value is -3.75. The highest BCUT2D eigenvalue weighted by Gasteiger charge is 2.14. The Labute approximate surface area is 142 Å². The number of nitrogens with one attached hydrogen (secondary N) is 2. The summed E-state index contributed by atoms with van der Waals surface area (Å²) in [5.41, 5.74) is 3.26. The fourth-order valence-corrected chi connectivity index (χ4v) is 1.81. The van der Waals surface area contributed by atoms with Crippen LogP contribution in [0.15, 0.2) is 47.6 Å². The number of nitro groups is 1. The van der Waals surface area contributed by atoms with E-state index in [1.807, 2.05) is 12.3 Å². The van der Waals surface area contributed by atoms with E-state index in [1.165, 1.54) is 6.07 Å². The van der Waals surface area contributed by atoms with Gasteiger partial charge in [0, 0.05) is 17.3 Å². The first kappa shape index (κ1) is 17.6. The van der Waals surface area contributed by atoms with Gasteiger partial charge in [-0.3, -0.25) is 19.7 Å². The third-order valence-electron chi connectivity index (χ3n) is 3.09. The Morgan fingerprint density at radius 3 is 2.48 bits per heavy atom. The van der Waals surface area contributed by atoms with Gasteiger partial charge in [-0.2, -0.15) is 5.10 Å². The number of hydrazone groups is 1. The number of carbonyl (C=O) groups is 2. The molecule has 2 amide bonds. The number of nitro benzene ring substituents is 1. The van der Waals surface area contributed by atoms with Gasteiger partial charge in [0.1, 0.15) is 0 Å². The van der Waals surface area contributed by atoms with Crippen LogP contribution in [0.4, 0.5) is 11.4 Å². The molecule has 3 N–H and O–H groups in total. The Kier molecular flexibility index (Phi) is 5.41. The van der Waals surface area contributed by atoms with Crippen molar-refractivity contribution < 1.29 is 19.6 Å². The number of nitrogens with zero attached hydrogens (tertiary/aromatic N) is 2. The highest BCUT2D eigenvalue weighted by atomic mass is 16.6. The van der Waals surface area contributed by atoms with E-state index in [1.54, 1.807) is 24.3 Å². The summed E-state index contributed by atoms with van der Waals surface area (Å²) >= 11 is 0. The number of benzene rings is 2. The van der Waals surface area contributed by atoms with Gasteiger partial charge in [-0.1, -0.05) is 17.7 Å². The second kappa shape index (κ2) is 7.68. The summed E-state index contributed by atoms with van der Waals surface area (Å²) in [6.07, 6.45) is 1.11. The topological polar surface area (TPSA) is 134 Å². The summed E-state index contributed by atoms with van der Waals surface area (Å²) in [4.78, 5) is 33.3. The molecule has 2 aromatic rings. The van der Waals surface area contributed by atoms with Gasteiger partial charge in [0.15, 0.2) is 5.75 Å². The van der Waals surface area contributed by atoms with Crippen molar-refractivity contribution in [1.82, 2.24) is 5.43 Å². The normalized spacial score (nSPS) is 10.4. The van der Waals surface area contributed by atoms with Gasteiger partial charge in [0.25, 0.3) is 0 Å². The third kappa shape index (κ3) is 4.86. The van der Waals surface area contributed by atoms with Crippen LogP contribution in [0.1, 0.15) is 11.1 Å². The molecule has 0 radical (unpaired) electrons. The zero-order valence-corrected chi connectivity index (χ0v) is 13.1. The number of anilines is 1. The van der Waals surface area contributed by atoms with Crippen molar-refractivity contribution in [2.24, 2.45) is 5.10 Å². The Morgan fingerprint density at radius 2 is 1.84 bits per heavy atom. The van der Waals surface area contributed by atoms with E-state index in [2.05, 4.69) is 10.4 Å². The average Bonchev–Trinajstić information content (AvgIpc) is 2.58. The van der Waals surface area contributed by atoms with Crippen molar-refractivity contribution in [1.29, 1.82) is 0 Å². The summed E-state index contributed by atoms with van der Waals surface area (Å²) in [7, 11) is 0. The first-order chi connectivity index (χ1) is 11.9. The monoisotopic (exact) mass is 342 g/mol. The molecule has 0 unspecified atom stereocenters. The van der Waals surface area contributed by atoms with E-state index >= 15 is 0 Å². The number of aryl methyl sites for hydroxylation is 1. The fourth-order valence-electron chi connectivity index (χ4n) is 1.81. The van der Waals surface area contributed by atoms with Crippen LogP contribution in [-0.2, 0) is 9.59 Å². The fraction of sp³-hybridized carbons (Fsp3) is 0.0625. The molecule has 2 rings (SSSR count).